The third kappa shape index (κ3) is 4.03. The van der Waals surface area contributed by atoms with Gasteiger partial charge in [0.2, 0.25) is 0 Å². The Labute approximate surface area is 195 Å². The van der Waals surface area contributed by atoms with Crippen LogP contribution in [0.25, 0.3) is 0 Å². The maximum Gasteiger partial charge on any atom is 0.270 e. The van der Waals surface area contributed by atoms with Gasteiger partial charge in [0.05, 0.1) is 31.8 Å². The van der Waals surface area contributed by atoms with Gasteiger partial charge in [-0.25, -0.2) is 0 Å². The molecule has 2 aliphatic rings. The second-order valence-corrected chi connectivity index (χ2v) is 8.98. The van der Waals surface area contributed by atoms with Crippen LogP contribution in [0.4, 0.5) is 5.69 Å². The minimum Gasteiger partial charge on any atom is -0.493 e. The van der Waals surface area contributed by atoms with Gasteiger partial charge in [-0.15, -0.1) is 11.3 Å². The zero-order chi connectivity index (χ0) is 22.9. The quantitative estimate of drug-likeness (QED) is 0.383. The summed E-state index contributed by atoms with van der Waals surface area (Å²) in [5.41, 5.74) is 3.93. The molecule has 33 heavy (non-hydrogen) atoms. The Morgan fingerprint density at radius 2 is 2.00 bits per heavy atom. The van der Waals surface area contributed by atoms with Crippen LogP contribution in [-0.4, -0.2) is 37.4 Å². The van der Waals surface area contributed by atoms with Crippen LogP contribution in [-0.2, 0) is 24.3 Å². The summed E-state index contributed by atoms with van der Waals surface area (Å²) < 4.78 is 22.3. The largest absolute Gasteiger partial charge is 0.493 e. The van der Waals surface area contributed by atoms with E-state index in [-0.39, 0.29) is 23.4 Å². The summed E-state index contributed by atoms with van der Waals surface area (Å²) in [5.74, 6) is 2.10. The van der Waals surface area contributed by atoms with Gasteiger partial charge in [0, 0.05) is 41.2 Å². The van der Waals surface area contributed by atoms with Crippen molar-refractivity contribution in [1.82, 2.24) is 4.90 Å². The minimum atomic E-state index is -0.363. The van der Waals surface area contributed by atoms with Crippen molar-refractivity contribution in [1.29, 1.82) is 0 Å². The lowest BCUT2D eigenvalue weighted by Gasteiger charge is -2.38. The van der Waals surface area contributed by atoms with Gasteiger partial charge in [-0.1, -0.05) is 6.07 Å². The molecular formula is C24H24N2O6S. The molecule has 172 valence electrons. The van der Waals surface area contributed by atoms with E-state index >= 15 is 0 Å². The number of rotatable bonds is 6. The lowest BCUT2D eigenvalue weighted by atomic mass is 9.90. The third-order valence-electron chi connectivity index (χ3n) is 6.14. The van der Waals surface area contributed by atoms with Gasteiger partial charge in [-0.2, -0.15) is 0 Å². The number of hydrogen-bond acceptors (Lipinski definition) is 8. The molecule has 9 heteroatoms. The van der Waals surface area contributed by atoms with E-state index in [1.807, 2.05) is 6.07 Å². The van der Waals surface area contributed by atoms with Crippen molar-refractivity contribution < 1.29 is 23.9 Å². The van der Waals surface area contributed by atoms with E-state index in [1.54, 1.807) is 31.6 Å². The molecule has 2 aromatic carbocycles. The Balaban J connectivity index is 1.58. The zero-order valence-electron chi connectivity index (χ0n) is 18.4. The number of ether oxygens (including phenoxy) is 4. The number of hydrogen-bond donors (Lipinski definition) is 0. The van der Waals surface area contributed by atoms with Gasteiger partial charge >= 0.3 is 0 Å². The molecule has 1 unspecified atom stereocenters. The number of fused-ring (bicyclic) bond motifs is 2. The minimum absolute atomic E-state index is 0.0108. The molecule has 5 rings (SSSR count). The highest BCUT2D eigenvalue weighted by Gasteiger charge is 2.32. The number of nitro groups is 1. The Morgan fingerprint density at radius 1 is 1.18 bits per heavy atom. The number of nitrogens with zero attached hydrogens (tertiary/aromatic N) is 2. The maximum atomic E-state index is 11.6. The highest BCUT2D eigenvalue weighted by Crippen LogP contribution is 2.44. The number of nitro benzene ring substituents is 1. The number of benzene rings is 2. The Morgan fingerprint density at radius 3 is 2.73 bits per heavy atom. The fraction of sp³-hybridized carbons (Fsp3) is 0.333. The van der Waals surface area contributed by atoms with Crippen LogP contribution >= 0.6 is 11.3 Å². The second-order valence-electron chi connectivity index (χ2n) is 8.01. The van der Waals surface area contributed by atoms with E-state index in [9.17, 15) is 10.1 Å². The van der Waals surface area contributed by atoms with Crippen LogP contribution in [0.5, 0.6) is 17.2 Å². The monoisotopic (exact) mass is 468 g/mol. The average molecular weight is 469 g/mol. The summed E-state index contributed by atoms with van der Waals surface area (Å²) in [6.07, 6.45) is 0.832. The predicted octanol–water partition coefficient (Wildman–Crippen LogP) is 4.69. The smallest absolute Gasteiger partial charge is 0.270 e. The second kappa shape index (κ2) is 9.01. The lowest BCUT2D eigenvalue weighted by Crippen LogP contribution is -2.35. The van der Waals surface area contributed by atoms with Gasteiger partial charge in [0.1, 0.15) is 5.75 Å². The summed E-state index contributed by atoms with van der Waals surface area (Å²) >= 11 is 1.69. The topological polar surface area (TPSA) is 83.3 Å². The molecule has 0 bridgehead atoms. The average Bonchev–Trinajstić information content (AvgIpc) is 3.37. The van der Waals surface area contributed by atoms with E-state index in [1.165, 1.54) is 16.5 Å². The summed E-state index contributed by atoms with van der Waals surface area (Å²) in [6, 6.07) is 11.4. The molecule has 2 aliphatic heterocycles. The first-order valence-electron chi connectivity index (χ1n) is 10.6. The number of methoxy groups -OCH3 is 2. The van der Waals surface area contributed by atoms with Crippen molar-refractivity contribution in [3.05, 3.63) is 79.0 Å². The summed E-state index contributed by atoms with van der Waals surface area (Å²) in [6.45, 7) is 1.75. The first kappa shape index (κ1) is 21.7. The Bertz CT molecular complexity index is 1180. The highest BCUT2D eigenvalue weighted by molar-refractivity contribution is 7.10. The zero-order valence-corrected chi connectivity index (χ0v) is 19.2. The first-order chi connectivity index (χ1) is 16.1. The van der Waals surface area contributed by atoms with Crippen LogP contribution in [0.15, 0.2) is 41.8 Å². The van der Waals surface area contributed by atoms with E-state index < -0.39 is 0 Å². The summed E-state index contributed by atoms with van der Waals surface area (Å²) in [7, 11) is 3.28. The molecular weight excluding hydrogens is 444 g/mol. The highest BCUT2D eigenvalue weighted by atomic mass is 32.1. The lowest BCUT2D eigenvalue weighted by molar-refractivity contribution is -0.385. The van der Waals surface area contributed by atoms with E-state index in [2.05, 4.69) is 28.5 Å². The first-order valence-corrected chi connectivity index (χ1v) is 11.5. The molecule has 0 fully saturated rings. The van der Waals surface area contributed by atoms with Crippen molar-refractivity contribution >= 4 is 17.0 Å². The molecule has 1 aromatic heterocycles. The Kier molecular flexibility index (Phi) is 5.92. The van der Waals surface area contributed by atoms with Crippen molar-refractivity contribution in [3.63, 3.8) is 0 Å². The van der Waals surface area contributed by atoms with Gasteiger partial charge in [-0.3, -0.25) is 15.0 Å². The van der Waals surface area contributed by atoms with E-state index in [0.717, 1.165) is 29.8 Å². The molecule has 0 spiro atoms. The maximum absolute atomic E-state index is 11.6. The molecule has 0 N–H and O–H groups in total. The number of thiophene rings is 1. The fourth-order valence-corrected chi connectivity index (χ4v) is 5.55. The standard InChI is InChI=1S/C24H24N2O6S/c1-29-20-10-15-5-6-25(23(22-4-3-7-33-22)19(15)11-21(20)30-2)12-16-8-18(26(27)28)9-17-13-31-14-32-24(16)17/h3-4,7-11,23H,5-6,12-14H2,1-2H3. The van der Waals surface area contributed by atoms with Crippen LogP contribution in [0.2, 0.25) is 0 Å². The molecule has 0 saturated heterocycles. The Hall–Kier alpha value is -3.14. The summed E-state index contributed by atoms with van der Waals surface area (Å²) in [4.78, 5) is 14.7. The van der Waals surface area contributed by atoms with Gasteiger partial charge < -0.3 is 18.9 Å². The molecule has 3 heterocycles. The molecule has 3 aromatic rings. The predicted molar refractivity (Wildman–Crippen MR) is 123 cm³/mol. The van der Waals surface area contributed by atoms with Crippen LogP contribution < -0.4 is 14.2 Å². The van der Waals surface area contributed by atoms with Crippen LogP contribution in [0.1, 0.15) is 33.2 Å². The molecule has 1 atom stereocenters. The molecule has 0 saturated carbocycles. The van der Waals surface area contributed by atoms with Crippen LogP contribution in [0, 0.1) is 10.1 Å². The number of non-ortho nitro benzene ring substituents is 1. The molecule has 0 radical (unpaired) electrons. The van der Waals surface area contributed by atoms with Crippen LogP contribution in [0.3, 0.4) is 0 Å². The normalized spacial score (nSPS) is 17.6. The molecule has 0 amide bonds. The van der Waals surface area contributed by atoms with Crippen molar-refractivity contribution in [2.45, 2.75) is 25.6 Å². The van der Waals surface area contributed by atoms with E-state index in [4.69, 9.17) is 18.9 Å². The van der Waals surface area contributed by atoms with Crippen molar-refractivity contribution in [2.24, 2.45) is 0 Å². The van der Waals surface area contributed by atoms with E-state index in [0.29, 0.717) is 30.2 Å². The van der Waals surface area contributed by atoms with Crippen molar-refractivity contribution in [2.75, 3.05) is 27.6 Å². The molecule has 8 nitrogen and oxygen atoms in total. The summed E-state index contributed by atoms with van der Waals surface area (Å²) in [5, 5.41) is 13.6. The SMILES string of the molecule is COc1cc2c(cc1OC)C(c1cccs1)N(Cc1cc([N+](=O)[O-])cc3c1OCOC3)CC2. The third-order valence-corrected chi connectivity index (χ3v) is 7.07. The van der Waals surface area contributed by atoms with Gasteiger partial charge in [0.25, 0.3) is 5.69 Å². The fourth-order valence-electron chi connectivity index (χ4n) is 4.67. The van der Waals surface area contributed by atoms with Gasteiger partial charge in [-0.05, 0) is 41.1 Å². The van der Waals surface area contributed by atoms with Crippen molar-refractivity contribution in [3.8, 4) is 17.2 Å². The van der Waals surface area contributed by atoms with Gasteiger partial charge in [0.15, 0.2) is 18.3 Å². The molecule has 0 aliphatic carbocycles.